The minimum absolute atomic E-state index is 0.00535. The molecule has 0 amide bonds. The van der Waals surface area contributed by atoms with E-state index >= 15 is 0 Å². The molecule has 0 aromatic heterocycles. The zero-order valence-electron chi connectivity index (χ0n) is 11.1. The van der Waals surface area contributed by atoms with Gasteiger partial charge in [-0.3, -0.25) is 0 Å². The minimum atomic E-state index is -0.268. The van der Waals surface area contributed by atoms with Gasteiger partial charge < -0.3 is 10.5 Å². The van der Waals surface area contributed by atoms with E-state index in [2.05, 4.69) is 0 Å². The minimum Gasteiger partial charge on any atom is -0.493 e. The van der Waals surface area contributed by atoms with Crippen LogP contribution in [-0.4, -0.2) is 11.6 Å². The molecule has 0 aliphatic carbocycles. The van der Waals surface area contributed by atoms with E-state index in [1.807, 2.05) is 20.8 Å². The van der Waals surface area contributed by atoms with Crippen LogP contribution in [-0.2, 0) is 0 Å². The first-order valence-corrected chi connectivity index (χ1v) is 6.59. The van der Waals surface area contributed by atoms with Gasteiger partial charge in [0, 0.05) is 11.5 Å². The molecule has 2 nitrogen and oxygen atoms in total. The number of hydrogen-bond donors (Lipinski definition) is 1. The molecule has 1 aromatic rings. The second-order valence-corrected chi connectivity index (χ2v) is 4.98. The van der Waals surface area contributed by atoms with Crippen molar-refractivity contribution in [2.24, 2.45) is 11.7 Å². The maximum atomic E-state index is 13.4. The maximum absolute atomic E-state index is 13.4. The van der Waals surface area contributed by atoms with E-state index in [1.54, 1.807) is 6.07 Å². The van der Waals surface area contributed by atoms with Gasteiger partial charge in [-0.2, -0.15) is 0 Å². The van der Waals surface area contributed by atoms with Gasteiger partial charge in [-0.1, -0.05) is 33.0 Å². The van der Waals surface area contributed by atoms with Crippen molar-refractivity contribution < 1.29 is 9.13 Å². The third-order valence-electron chi connectivity index (χ3n) is 3.12. The zero-order valence-corrected chi connectivity index (χ0v) is 11.9. The first-order chi connectivity index (χ1) is 8.47. The Hall–Kier alpha value is -1.16. The van der Waals surface area contributed by atoms with Gasteiger partial charge in [-0.25, -0.2) is 4.39 Å². The fraction of sp³-hybridized carbons (Fsp3) is 0.500. The van der Waals surface area contributed by atoms with Crippen LogP contribution in [0.1, 0.15) is 38.7 Å². The van der Waals surface area contributed by atoms with Crippen molar-refractivity contribution in [1.29, 1.82) is 0 Å². The van der Waals surface area contributed by atoms with E-state index in [9.17, 15) is 4.39 Å². The summed E-state index contributed by atoms with van der Waals surface area (Å²) in [6.07, 6.45) is 0.913. The van der Waals surface area contributed by atoms with Crippen molar-refractivity contribution in [2.45, 2.75) is 33.1 Å². The molecule has 0 aliphatic rings. The third-order valence-corrected chi connectivity index (χ3v) is 3.49. The highest BCUT2D eigenvalue weighted by atomic mass is 32.1. The Balaban J connectivity index is 3.03. The summed E-state index contributed by atoms with van der Waals surface area (Å²) >= 11 is 5.00. The SMILES string of the molecule is CCCOc1ccc(F)cc1C(C)C(C)C(N)=S. The molecule has 0 fully saturated rings. The fourth-order valence-corrected chi connectivity index (χ4v) is 1.94. The lowest BCUT2D eigenvalue weighted by Crippen LogP contribution is -2.23. The lowest BCUT2D eigenvalue weighted by molar-refractivity contribution is 0.310. The lowest BCUT2D eigenvalue weighted by Gasteiger charge is -2.22. The highest BCUT2D eigenvalue weighted by Crippen LogP contribution is 2.32. The molecule has 0 saturated carbocycles. The van der Waals surface area contributed by atoms with Crippen molar-refractivity contribution in [3.05, 3.63) is 29.6 Å². The number of benzene rings is 1. The molecule has 0 bridgehead atoms. The van der Waals surface area contributed by atoms with Crippen LogP contribution in [0.5, 0.6) is 5.75 Å². The number of halogens is 1. The van der Waals surface area contributed by atoms with Crippen LogP contribution in [0.25, 0.3) is 0 Å². The van der Waals surface area contributed by atoms with Gasteiger partial charge in [0.15, 0.2) is 0 Å². The van der Waals surface area contributed by atoms with E-state index in [0.29, 0.717) is 17.3 Å². The van der Waals surface area contributed by atoms with Gasteiger partial charge in [0.1, 0.15) is 11.6 Å². The van der Waals surface area contributed by atoms with Crippen LogP contribution in [0.15, 0.2) is 18.2 Å². The Kier molecular flexibility index (Phi) is 5.54. The largest absolute Gasteiger partial charge is 0.493 e. The van der Waals surface area contributed by atoms with Crippen LogP contribution < -0.4 is 10.5 Å². The monoisotopic (exact) mass is 269 g/mol. The molecular weight excluding hydrogens is 249 g/mol. The molecule has 2 unspecified atom stereocenters. The summed E-state index contributed by atoms with van der Waals surface area (Å²) in [6, 6.07) is 4.58. The Morgan fingerprint density at radius 2 is 2.11 bits per heavy atom. The Morgan fingerprint density at radius 1 is 1.44 bits per heavy atom. The smallest absolute Gasteiger partial charge is 0.123 e. The normalized spacial score (nSPS) is 14.0. The van der Waals surface area contributed by atoms with Gasteiger partial charge in [-0.15, -0.1) is 0 Å². The average Bonchev–Trinajstić information content (AvgIpc) is 2.35. The molecule has 1 rings (SSSR count). The van der Waals surface area contributed by atoms with E-state index < -0.39 is 0 Å². The zero-order chi connectivity index (χ0) is 13.7. The van der Waals surface area contributed by atoms with Gasteiger partial charge in [0.2, 0.25) is 0 Å². The van der Waals surface area contributed by atoms with Gasteiger partial charge >= 0.3 is 0 Å². The molecule has 0 heterocycles. The molecule has 0 aliphatic heterocycles. The third kappa shape index (κ3) is 3.67. The van der Waals surface area contributed by atoms with Crippen molar-refractivity contribution in [2.75, 3.05) is 6.61 Å². The molecule has 2 atom stereocenters. The molecule has 4 heteroatoms. The first-order valence-electron chi connectivity index (χ1n) is 6.19. The topological polar surface area (TPSA) is 35.2 Å². The number of hydrogen-bond acceptors (Lipinski definition) is 2. The summed E-state index contributed by atoms with van der Waals surface area (Å²) in [4.78, 5) is 0.438. The van der Waals surface area contributed by atoms with Crippen LogP contribution >= 0.6 is 12.2 Å². The van der Waals surface area contributed by atoms with Crippen LogP contribution in [0, 0.1) is 11.7 Å². The molecule has 0 radical (unpaired) electrons. The van der Waals surface area contributed by atoms with E-state index in [-0.39, 0.29) is 17.7 Å². The highest BCUT2D eigenvalue weighted by molar-refractivity contribution is 7.80. The van der Waals surface area contributed by atoms with E-state index in [1.165, 1.54) is 12.1 Å². The van der Waals surface area contributed by atoms with E-state index in [4.69, 9.17) is 22.7 Å². The summed E-state index contributed by atoms with van der Waals surface area (Å²) in [5.41, 5.74) is 6.48. The van der Waals surface area contributed by atoms with Crippen molar-refractivity contribution >= 4 is 17.2 Å². The fourth-order valence-electron chi connectivity index (χ4n) is 1.73. The van der Waals surface area contributed by atoms with Crippen molar-refractivity contribution in [3.8, 4) is 5.75 Å². The number of rotatable bonds is 6. The van der Waals surface area contributed by atoms with Crippen LogP contribution in [0.2, 0.25) is 0 Å². The Morgan fingerprint density at radius 3 is 2.67 bits per heavy atom. The van der Waals surface area contributed by atoms with Gasteiger partial charge in [-0.05, 0) is 30.5 Å². The predicted octanol–water partition coefficient (Wildman–Crippen LogP) is 3.64. The van der Waals surface area contributed by atoms with Crippen LogP contribution in [0.3, 0.4) is 0 Å². The van der Waals surface area contributed by atoms with Crippen molar-refractivity contribution in [1.82, 2.24) is 0 Å². The summed E-state index contributed by atoms with van der Waals surface area (Å²) in [5.74, 6) is 0.487. The predicted molar refractivity (Wildman–Crippen MR) is 76.6 cm³/mol. The summed E-state index contributed by atoms with van der Waals surface area (Å²) < 4.78 is 19.0. The number of ether oxygens (including phenoxy) is 1. The van der Waals surface area contributed by atoms with Crippen molar-refractivity contribution in [3.63, 3.8) is 0 Å². The average molecular weight is 269 g/mol. The Labute approximate surface area is 113 Å². The van der Waals surface area contributed by atoms with Gasteiger partial charge in [0.25, 0.3) is 0 Å². The molecule has 0 spiro atoms. The quantitative estimate of drug-likeness (QED) is 0.801. The molecule has 0 saturated heterocycles. The summed E-state index contributed by atoms with van der Waals surface area (Å²) in [6.45, 7) is 6.58. The Bertz CT molecular complexity index is 422. The standard InChI is InChI=1S/C14H20FNOS/c1-4-7-17-13-6-5-11(15)8-12(13)9(2)10(3)14(16)18/h5-6,8-10H,4,7H2,1-3H3,(H2,16,18). The molecule has 2 N–H and O–H groups in total. The van der Waals surface area contributed by atoms with Gasteiger partial charge in [0.05, 0.1) is 11.6 Å². The molecule has 1 aromatic carbocycles. The highest BCUT2D eigenvalue weighted by Gasteiger charge is 2.20. The number of thiocarbonyl (C=S) groups is 1. The molecular formula is C14H20FNOS. The van der Waals surface area contributed by atoms with Crippen LogP contribution in [0.4, 0.5) is 4.39 Å². The maximum Gasteiger partial charge on any atom is 0.123 e. The molecule has 18 heavy (non-hydrogen) atoms. The lowest BCUT2D eigenvalue weighted by atomic mass is 9.88. The molecule has 100 valence electrons. The second kappa shape index (κ2) is 6.69. The second-order valence-electron chi connectivity index (χ2n) is 4.51. The summed E-state index contributed by atoms with van der Waals surface area (Å²) in [7, 11) is 0. The van der Waals surface area contributed by atoms with E-state index in [0.717, 1.165) is 12.0 Å². The summed E-state index contributed by atoms with van der Waals surface area (Å²) in [5, 5.41) is 0. The number of nitrogens with two attached hydrogens (primary N) is 1. The first kappa shape index (κ1) is 14.9.